The van der Waals surface area contributed by atoms with Gasteiger partial charge in [-0.25, -0.2) is 4.98 Å². The quantitative estimate of drug-likeness (QED) is 0.578. The second kappa shape index (κ2) is 6.51. The lowest BCUT2D eigenvalue weighted by atomic mass is 10.1. The highest BCUT2D eigenvalue weighted by molar-refractivity contribution is 6.32. The minimum Gasteiger partial charge on any atom is -0.322 e. The van der Waals surface area contributed by atoms with Crippen molar-refractivity contribution in [1.82, 2.24) is 9.55 Å². The van der Waals surface area contributed by atoms with Crippen molar-refractivity contribution in [3.63, 3.8) is 0 Å². The van der Waals surface area contributed by atoms with Crippen molar-refractivity contribution < 1.29 is 9.72 Å². The molecule has 1 N–H and O–H groups in total. The van der Waals surface area contributed by atoms with E-state index < -0.39 is 10.8 Å². The number of nitrogens with zero attached hydrogens (tertiary/aromatic N) is 3. The van der Waals surface area contributed by atoms with Crippen molar-refractivity contribution in [3.05, 3.63) is 81.9 Å². The molecule has 2 aromatic carbocycles. The van der Waals surface area contributed by atoms with Gasteiger partial charge in [-0.1, -0.05) is 23.7 Å². The summed E-state index contributed by atoms with van der Waals surface area (Å²) in [4.78, 5) is 26.6. The number of benzene rings is 2. The number of hydrogen-bond donors (Lipinski definition) is 1. The molecule has 0 aliphatic heterocycles. The average Bonchev–Trinajstić information content (AvgIpc) is 3.09. The van der Waals surface area contributed by atoms with Crippen LogP contribution in [0.15, 0.2) is 61.2 Å². The standard InChI is InChI=1S/C16H11ClN4O3/c17-13-9-11(5-6-15(13)20-8-7-18-10-20)19-16(22)12-3-1-2-4-14(12)21(23)24/h1-10H,(H,19,22). The molecule has 0 spiro atoms. The van der Waals surface area contributed by atoms with E-state index in [1.54, 1.807) is 47.6 Å². The minimum atomic E-state index is -0.593. The Hall–Kier alpha value is -3.19. The fraction of sp³-hybridized carbons (Fsp3) is 0. The molecule has 8 heteroatoms. The zero-order chi connectivity index (χ0) is 17.1. The maximum atomic E-state index is 12.3. The molecule has 0 fully saturated rings. The lowest BCUT2D eigenvalue weighted by Gasteiger charge is -2.09. The van der Waals surface area contributed by atoms with Crippen LogP contribution in [0, 0.1) is 10.1 Å². The zero-order valence-electron chi connectivity index (χ0n) is 12.2. The van der Waals surface area contributed by atoms with Crippen LogP contribution in [0.3, 0.4) is 0 Å². The van der Waals surface area contributed by atoms with Gasteiger partial charge < -0.3 is 9.88 Å². The van der Waals surface area contributed by atoms with E-state index in [0.717, 1.165) is 0 Å². The minimum absolute atomic E-state index is 0.0164. The molecule has 3 rings (SSSR count). The number of rotatable bonds is 4. The van der Waals surface area contributed by atoms with Crippen LogP contribution in [-0.4, -0.2) is 20.4 Å². The number of nitro groups is 1. The number of amides is 1. The molecule has 0 unspecified atom stereocenters. The summed E-state index contributed by atoms with van der Waals surface area (Å²) >= 11 is 6.22. The number of carbonyl (C=O) groups excluding carboxylic acids is 1. The molecule has 0 saturated heterocycles. The lowest BCUT2D eigenvalue weighted by molar-refractivity contribution is -0.385. The van der Waals surface area contributed by atoms with Gasteiger partial charge in [-0.3, -0.25) is 14.9 Å². The Labute approximate surface area is 141 Å². The molecule has 24 heavy (non-hydrogen) atoms. The van der Waals surface area contributed by atoms with Crippen LogP contribution in [-0.2, 0) is 0 Å². The number of imidazole rings is 1. The van der Waals surface area contributed by atoms with Crippen LogP contribution in [0.2, 0.25) is 5.02 Å². The maximum Gasteiger partial charge on any atom is 0.282 e. The van der Waals surface area contributed by atoms with Gasteiger partial charge in [0.1, 0.15) is 5.56 Å². The molecule has 0 aliphatic rings. The van der Waals surface area contributed by atoms with E-state index in [2.05, 4.69) is 10.3 Å². The number of aromatic nitrogens is 2. The topological polar surface area (TPSA) is 90.1 Å². The van der Waals surface area contributed by atoms with Crippen LogP contribution in [0.25, 0.3) is 5.69 Å². The Morgan fingerprint density at radius 3 is 2.71 bits per heavy atom. The summed E-state index contributed by atoms with van der Waals surface area (Å²) in [7, 11) is 0. The molecule has 1 amide bonds. The smallest absolute Gasteiger partial charge is 0.282 e. The summed E-state index contributed by atoms with van der Waals surface area (Å²) in [6.07, 6.45) is 4.97. The maximum absolute atomic E-state index is 12.3. The number of hydrogen-bond acceptors (Lipinski definition) is 4. The van der Waals surface area contributed by atoms with Gasteiger partial charge >= 0.3 is 0 Å². The van der Waals surface area contributed by atoms with Crippen molar-refractivity contribution in [2.75, 3.05) is 5.32 Å². The Kier molecular flexibility index (Phi) is 4.26. The van der Waals surface area contributed by atoms with Gasteiger partial charge in [-0.2, -0.15) is 0 Å². The largest absolute Gasteiger partial charge is 0.322 e. The third-order valence-electron chi connectivity index (χ3n) is 3.33. The summed E-state index contributed by atoms with van der Waals surface area (Å²) in [5, 5.41) is 14.0. The molecule has 0 atom stereocenters. The van der Waals surface area contributed by atoms with Gasteiger partial charge in [0.05, 0.1) is 22.0 Å². The van der Waals surface area contributed by atoms with Gasteiger partial charge in [0, 0.05) is 24.1 Å². The number of carbonyl (C=O) groups is 1. The van der Waals surface area contributed by atoms with Gasteiger partial charge in [-0.05, 0) is 24.3 Å². The van der Waals surface area contributed by atoms with Crippen LogP contribution in [0.1, 0.15) is 10.4 Å². The summed E-state index contributed by atoms with van der Waals surface area (Å²) in [6.45, 7) is 0. The predicted molar refractivity (Wildman–Crippen MR) is 89.6 cm³/mol. The monoisotopic (exact) mass is 342 g/mol. The number of para-hydroxylation sites is 1. The Balaban J connectivity index is 1.86. The highest BCUT2D eigenvalue weighted by Gasteiger charge is 2.19. The molecule has 0 saturated carbocycles. The molecular weight excluding hydrogens is 332 g/mol. The van der Waals surface area contributed by atoms with E-state index in [1.165, 1.54) is 18.2 Å². The van der Waals surface area contributed by atoms with E-state index in [0.29, 0.717) is 16.4 Å². The van der Waals surface area contributed by atoms with E-state index in [9.17, 15) is 14.9 Å². The van der Waals surface area contributed by atoms with E-state index in [1.807, 2.05) is 0 Å². The second-order valence-corrected chi connectivity index (χ2v) is 5.27. The van der Waals surface area contributed by atoms with Gasteiger partial charge in [-0.15, -0.1) is 0 Å². The normalized spacial score (nSPS) is 10.4. The summed E-state index contributed by atoms with van der Waals surface area (Å²) in [6, 6.07) is 10.7. The first kappa shape index (κ1) is 15.7. The van der Waals surface area contributed by atoms with Crippen molar-refractivity contribution in [1.29, 1.82) is 0 Å². The summed E-state index contributed by atoms with van der Waals surface area (Å²) in [5.41, 5.74) is 0.873. The molecule has 0 bridgehead atoms. The number of nitro benzene ring substituents is 1. The molecule has 1 aromatic heterocycles. The third-order valence-corrected chi connectivity index (χ3v) is 3.64. The Morgan fingerprint density at radius 1 is 1.25 bits per heavy atom. The molecule has 0 aliphatic carbocycles. The predicted octanol–water partition coefficient (Wildman–Crippen LogP) is 3.69. The highest BCUT2D eigenvalue weighted by Crippen LogP contribution is 2.25. The van der Waals surface area contributed by atoms with E-state index >= 15 is 0 Å². The fourth-order valence-corrected chi connectivity index (χ4v) is 2.50. The molecule has 1 heterocycles. The first-order chi connectivity index (χ1) is 11.6. The average molecular weight is 343 g/mol. The number of anilines is 1. The molecular formula is C16H11ClN4O3. The molecule has 0 radical (unpaired) electrons. The molecule has 7 nitrogen and oxygen atoms in total. The highest BCUT2D eigenvalue weighted by atomic mass is 35.5. The van der Waals surface area contributed by atoms with Crippen LogP contribution < -0.4 is 5.32 Å². The lowest BCUT2D eigenvalue weighted by Crippen LogP contribution is -2.14. The third kappa shape index (κ3) is 3.11. The van der Waals surface area contributed by atoms with Crippen molar-refractivity contribution in [2.45, 2.75) is 0 Å². The van der Waals surface area contributed by atoms with E-state index in [4.69, 9.17) is 11.6 Å². The molecule has 120 valence electrons. The zero-order valence-corrected chi connectivity index (χ0v) is 13.0. The van der Waals surface area contributed by atoms with Crippen LogP contribution in [0.4, 0.5) is 11.4 Å². The molecule has 3 aromatic rings. The summed E-state index contributed by atoms with van der Waals surface area (Å²) in [5.74, 6) is -0.575. The van der Waals surface area contributed by atoms with Crippen LogP contribution in [0.5, 0.6) is 0 Å². The Bertz CT molecular complexity index is 909. The van der Waals surface area contributed by atoms with Crippen molar-refractivity contribution in [3.8, 4) is 5.69 Å². The number of nitrogens with one attached hydrogen (secondary N) is 1. The fourth-order valence-electron chi connectivity index (χ4n) is 2.22. The first-order valence-corrected chi connectivity index (χ1v) is 7.26. The van der Waals surface area contributed by atoms with Crippen molar-refractivity contribution >= 4 is 28.9 Å². The van der Waals surface area contributed by atoms with Crippen LogP contribution >= 0.6 is 11.6 Å². The van der Waals surface area contributed by atoms with Gasteiger partial charge in [0.15, 0.2) is 0 Å². The summed E-state index contributed by atoms with van der Waals surface area (Å²) < 4.78 is 1.73. The first-order valence-electron chi connectivity index (χ1n) is 6.89. The van der Waals surface area contributed by atoms with E-state index in [-0.39, 0.29) is 11.3 Å². The van der Waals surface area contributed by atoms with Gasteiger partial charge in [0.2, 0.25) is 0 Å². The number of halogens is 1. The van der Waals surface area contributed by atoms with Crippen molar-refractivity contribution in [2.24, 2.45) is 0 Å². The second-order valence-electron chi connectivity index (χ2n) is 4.86. The van der Waals surface area contributed by atoms with Gasteiger partial charge in [0.25, 0.3) is 11.6 Å². The Morgan fingerprint density at radius 2 is 2.04 bits per heavy atom. The SMILES string of the molecule is O=C(Nc1ccc(-n2ccnc2)c(Cl)c1)c1ccccc1[N+](=O)[O-].